The van der Waals surface area contributed by atoms with Gasteiger partial charge in [0, 0.05) is 26.6 Å². The van der Waals surface area contributed by atoms with E-state index in [0.717, 1.165) is 32.5 Å². The van der Waals surface area contributed by atoms with Gasteiger partial charge >= 0.3 is 5.97 Å². The van der Waals surface area contributed by atoms with Crippen LogP contribution >= 0.6 is 0 Å². The SMILES string of the molecule is CC(=O)O.CC(C(=O)O)N(C)C.CCCCCCCCCCCCN=C(NCC)N(N)CC. The van der Waals surface area contributed by atoms with Gasteiger partial charge in [-0.15, -0.1) is 0 Å². The molecule has 1 atom stereocenters. The summed E-state index contributed by atoms with van der Waals surface area (Å²) in [6, 6.07) is -0.380. The van der Waals surface area contributed by atoms with Crippen molar-refractivity contribution in [1.29, 1.82) is 0 Å². The highest BCUT2D eigenvalue weighted by molar-refractivity contribution is 5.79. The fourth-order valence-corrected chi connectivity index (χ4v) is 2.56. The number of carboxylic acids is 2. The van der Waals surface area contributed by atoms with E-state index >= 15 is 0 Å². The zero-order valence-corrected chi connectivity index (χ0v) is 22.4. The van der Waals surface area contributed by atoms with Crippen LogP contribution in [0, 0.1) is 0 Å². The van der Waals surface area contributed by atoms with Gasteiger partial charge in [0.05, 0.1) is 0 Å². The second-order valence-corrected chi connectivity index (χ2v) is 8.20. The number of aliphatic imine (C=N–C) groups is 1. The van der Waals surface area contributed by atoms with Crippen molar-refractivity contribution >= 4 is 17.9 Å². The summed E-state index contributed by atoms with van der Waals surface area (Å²) in [5, 5.41) is 20.6. The molecule has 0 amide bonds. The molecule has 0 radical (unpaired) electrons. The zero-order chi connectivity index (χ0) is 26.1. The fourth-order valence-electron chi connectivity index (χ4n) is 2.56. The van der Waals surface area contributed by atoms with Gasteiger partial charge in [-0.25, -0.2) is 5.84 Å². The van der Waals surface area contributed by atoms with Gasteiger partial charge in [-0.3, -0.25) is 24.5 Å². The van der Waals surface area contributed by atoms with Crippen molar-refractivity contribution in [3.63, 3.8) is 0 Å². The summed E-state index contributed by atoms with van der Waals surface area (Å²) in [4.78, 5) is 25.3. The molecule has 0 rings (SSSR count). The van der Waals surface area contributed by atoms with Crippen LogP contribution in [-0.2, 0) is 9.59 Å². The van der Waals surface area contributed by atoms with Gasteiger partial charge < -0.3 is 15.5 Å². The fraction of sp³-hybridized carbons (Fsp3) is 0.875. The number of guanidine groups is 1. The third-order valence-corrected chi connectivity index (χ3v) is 4.85. The van der Waals surface area contributed by atoms with E-state index < -0.39 is 11.9 Å². The third-order valence-electron chi connectivity index (χ3n) is 4.85. The molecule has 0 spiro atoms. The van der Waals surface area contributed by atoms with E-state index in [1.165, 1.54) is 64.2 Å². The number of carbonyl (C=O) groups is 2. The van der Waals surface area contributed by atoms with E-state index in [1.54, 1.807) is 30.9 Å². The average Bonchev–Trinajstić information content (AvgIpc) is 2.75. The standard InChI is InChI=1S/C17H38N4.C5H11NO2.C2H4O2/c1-4-7-8-9-10-11-12-13-14-15-16-20-17(19-5-2)21(18)6-3;1-4(5(7)8)6(2)3;1-2(3)4/h4-16,18H2,1-3H3,(H,19,20);4H,1-3H3,(H,7,8);1H3,(H,3,4). The first kappa shape index (κ1) is 35.7. The molecule has 0 fully saturated rings. The maximum Gasteiger partial charge on any atom is 0.320 e. The van der Waals surface area contributed by atoms with Crippen LogP contribution in [0.1, 0.15) is 98.8 Å². The number of hydrazine groups is 1. The number of likely N-dealkylation sites (N-methyl/N-ethyl adjacent to an activating group) is 1. The first-order chi connectivity index (χ1) is 15.5. The molecule has 198 valence electrons. The van der Waals surface area contributed by atoms with E-state index in [1.807, 2.05) is 6.92 Å². The summed E-state index contributed by atoms with van der Waals surface area (Å²) in [7, 11) is 3.47. The monoisotopic (exact) mass is 475 g/mol. The van der Waals surface area contributed by atoms with Crippen LogP contribution < -0.4 is 11.2 Å². The number of nitrogens with zero attached hydrogens (tertiary/aromatic N) is 3. The smallest absolute Gasteiger partial charge is 0.320 e. The molecule has 0 aliphatic carbocycles. The highest BCUT2D eigenvalue weighted by Gasteiger charge is 2.11. The van der Waals surface area contributed by atoms with Crippen LogP contribution in [0.4, 0.5) is 0 Å². The van der Waals surface area contributed by atoms with Crippen molar-refractivity contribution in [2.24, 2.45) is 10.8 Å². The summed E-state index contributed by atoms with van der Waals surface area (Å²) < 4.78 is 0. The van der Waals surface area contributed by atoms with Gasteiger partial charge in [0.1, 0.15) is 6.04 Å². The van der Waals surface area contributed by atoms with Crippen molar-refractivity contribution in [2.45, 2.75) is 105 Å². The molecule has 33 heavy (non-hydrogen) atoms. The average molecular weight is 476 g/mol. The van der Waals surface area contributed by atoms with Gasteiger partial charge in [-0.2, -0.15) is 0 Å². The van der Waals surface area contributed by atoms with Crippen molar-refractivity contribution in [1.82, 2.24) is 15.2 Å². The van der Waals surface area contributed by atoms with Gasteiger partial charge in [0.25, 0.3) is 5.97 Å². The summed E-state index contributed by atoms with van der Waals surface area (Å²) in [5.41, 5.74) is 0. The van der Waals surface area contributed by atoms with E-state index in [-0.39, 0.29) is 6.04 Å². The van der Waals surface area contributed by atoms with E-state index in [0.29, 0.717) is 0 Å². The number of aliphatic carboxylic acids is 2. The molecular formula is C24H53N5O4. The Labute approximate surface area is 202 Å². The van der Waals surface area contributed by atoms with Crippen LogP contribution in [0.5, 0.6) is 0 Å². The lowest BCUT2D eigenvalue weighted by atomic mass is 10.1. The molecule has 9 heteroatoms. The summed E-state index contributed by atoms with van der Waals surface area (Å²) >= 11 is 0. The van der Waals surface area contributed by atoms with Gasteiger partial charge in [-0.05, 0) is 41.3 Å². The predicted molar refractivity (Wildman–Crippen MR) is 138 cm³/mol. The van der Waals surface area contributed by atoms with Crippen molar-refractivity contribution < 1.29 is 19.8 Å². The van der Waals surface area contributed by atoms with Gasteiger partial charge in [-0.1, -0.05) is 64.7 Å². The van der Waals surface area contributed by atoms with Crippen LogP contribution in [0.2, 0.25) is 0 Å². The van der Waals surface area contributed by atoms with Crippen LogP contribution in [-0.4, -0.2) is 77.8 Å². The summed E-state index contributed by atoms with van der Waals surface area (Å²) in [6.45, 7) is 11.6. The summed E-state index contributed by atoms with van der Waals surface area (Å²) in [5.74, 6) is 5.09. The maximum atomic E-state index is 10.1. The van der Waals surface area contributed by atoms with E-state index in [4.69, 9.17) is 20.9 Å². The Kier molecular flexibility index (Phi) is 28.6. The van der Waals surface area contributed by atoms with E-state index in [9.17, 15) is 4.79 Å². The second kappa shape index (κ2) is 26.4. The minimum absolute atomic E-state index is 0.380. The van der Waals surface area contributed by atoms with Crippen molar-refractivity contribution in [3.05, 3.63) is 0 Å². The molecule has 0 aliphatic heterocycles. The first-order valence-electron chi connectivity index (χ1n) is 12.4. The Bertz CT molecular complexity index is 483. The molecule has 0 saturated heterocycles. The molecule has 0 aromatic carbocycles. The van der Waals surface area contributed by atoms with E-state index in [2.05, 4.69) is 24.2 Å². The molecule has 0 heterocycles. The number of nitrogens with one attached hydrogen (secondary N) is 1. The first-order valence-corrected chi connectivity index (χ1v) is 12.4. The molecule has 1 unspecified atom stereocenters. The lowest BCUT2D eigenvalue weighted by Gasteiger charge is -2.19. The lowest BCUT2D eigenvalue weighted by Crippen LogP contribution is -2.45. The Morgan fingerprint density at radius 1 is 0.909 bits per heavy atom. The second-order valence-electron chi connectivity index (χ2n) is 8.20. The molecule has 5 N–H and O–H groups in total. The minimum atomic E-state index is -0.833. The maximum absolute atomic E-state index is 10.1. The molecule has 9 nitrogen and oxygen atoms in total. The Balaban J connectivity index is -0.000000615. The number of hydrogen-bond acceptors (Lipinski definition) is 5. The highest BCUT2D eigenvalue weighted by atomic mass is 16.4. The number of hydrogen-bond donors (Lipinski definition) is 4. The molecule has 0 bridgehead atoms. The summed E-state index contributed by atoms with van der Waals surface area (Å²) in [6.07, 6.45) is 13.6. The zero-order valence-electron chi connectivity index (χ0n) is 22.4. The van der Waals surface area contributed by atoms with Crippen LogP contribution in [0.15, 0.2) is 4.99 Å². The molecule has 0 aromatic heterocycles. The van der Waals surface area contributed by atoms with Gasteiger partial charge in [0.15, 0.2) is 0 Å². The Morgan fingerprint density at radius 3 is 1.64 bits per heavy atom. The third kappa shape index (κ3) is 30.1. The number of rotatable bonds is 15. The molecule has 0 aromatic rings. The highest BCUT2D eigenvalue weighted by Crippen LogP contribution is 2.10. The Hall–Kier alpha value is -1.87. The quantitative estimate of drug-likeness (QED) is 0.0912. The molecular weight excluding hydrogens is 422 g/mol. The minimum Gasteiger partial charge on any atom is -0.481 e. The lowest BCUT2D eigenvalue weighted by molar-refractivity contribution is -0.141. The van der Waals surface area contributed by atoms with Gasteiger partial charge in [0.2, 0.25) is 5.96 Å². The molecule has 0 saturated carbocycles. The van der Waals surface area contributed by atoms with Crippen molar-refractivity contribution in [2.75, 3.05) is 33.7 Å². The Morgan fingerprint density at radius 2 is 1.33 bits per heavy atom. The predicted octanol–water partition coefficient (Wildman–Crippen LogP) is 4.18. The number of unbranched alkanes of at least 4 members (excludes halogenated alkanes) is 9. The number of carboxylic acid groups (broad SMARTS) is 2. The number of nitrogens with two attached hydrogens (primary N) is 1. The largest absolute Gasteiger partial charge is 0.481 e. The van der Waals surface area contributed by atoms with Crippen molar-refractivity contribution in [3.8, 4) is 0 Å². The topological polar surface area (TPSA) is 131 Å². The van der Waals surface area contributed by atoms with Crippen LogP contribution in [0.25, 0.3) is 0 Å². The van der Waals surface area contributed by atoms with Crippen LogP contribution in [0.3, 0.4) is 0 Å². The molecule has 0 aliphatic rings. The normalized spacial score (nSPS) is 11.6.